The van der Waals surface area contributed by atoms with Gasteiger partial charge in [-0.1, -0.05) is 11.6 Å². The lowest BCUT2D eigenvalue weighted by molar-refractivity contribution is 0.0768. The second-order valence-electron chi connectivity index (χ2n) is 3.89. The van der Waals surface area contributed by atoms with Gasteiger partial charge in [-0.25, -0.2) is 0 Å². The zero-order chi connectivity index (χ0) is 12.3. The molecule has 0 aliphatic carbocycles. The highest BCUT2D eigenvalue weighted by Crippen LogP contribution is 2.21. The van der Waals surface area contributed by atoms with Gasteiger partial charge in [0.25, 0.3) is 5.91 Å². The van der Waals surface area contributed by atoms with Gasteiger partial charge in [0, 0.05) is 28.0 Å². The maximum absolute atomic E-state index is 12.3. The molecule has 5 heteroatoms. The van der Waals surface area contributed by atoms with E-state index >= 15 is 0 Å². The molecule has 1 aromatic rings. The summed E-state index contributed by atoms with van der Waals surface area (Å²) in [5.41, 5.74) is 0.697. The van der Waals surface area contributed by atoms with E-state index in [4.69, 9.17) is 11.6 Å². The number of benzene rings is 1. The third-order valence-electron chi connectivity index (χ3n) is 2.68. The van der Waals surface area contributed by atoms with Crippen LogP contribution >= 0.6 is 46.0 Å². The summed E-state index contributed by atoms with van der Waals surface area (Å²) in [5, 5.41) is 0.653. The molecule has 1 saturated heterocycles. The normalized spacial score (nSPS) is 16.7. The van der Waals surface area contributed by atoms with Crippen LogP contribution in [0.1, 0.15) is 16.8 Å². The van der Waals surface area contributed by atoms with Crippen LogP contribution in [-0.2, 0) is 0 Å². The summed E-state index contributed by atoms with van der Waals surface area (Å²) >= 11 is 10.1. The minimum atomic E-state index is 0.103. The smallest absolute Gasteiger partial charge is 0.253 e. The Labute approximate surface area is 124 Å². The second-order valence-corrected chi connectivity index (χ2v) is 6.68. The third kappa shape index (κ3) is 3.51. The molecule has 2 nitrogen and oxygen atoms in total. The topological polar surface area (TPSA) is 20.3 Å². The number of hydrogen-bond donors (Lipinski definition) is 0. The van der Waals surface area contributed by atoms with Crippen molar-refractivity contribution in [1.82, 2.24) is 4.90 Å². The van der Waals surface area contributed by atoms with E-state index in [-0.39, 0.29) is 5.91 Å². The maximum Gasteiger partial charge on any atom is 0.253 e. The van der Waals surface area contributed by atoms with Crippen LogP contribution in [0.3, 0.4) is 0 Å². The quantitative estimate of drug-likeness (QED) is 0.694. The molecule has 0 atom stereocenters. The van der Waals surface area contributed by atoms with E-state index in [1.165, 1.54) is 0 Å². The minimum Gasteiger partial charge on any atom is -0.338 e. The number of carbonyl (C=O) groups is 1. The van der Waals surface area contributed by atoms with Gasteiger partial charge in [0.2, 0.25) is 0 Å². The molecular formula is C12H13ClINOS. The van der Waals surface area contributed by atoms with Crippen LogP contribution in [-0.4, -0.2) is 35.4 Å². The third-order valence-corrected chi connectivity index (χ3v) is 5.30. The van der Waals surface area contributed by atoms with Gasteiger partial charge in [0.15, 0.2) is 0 Å². The Hall–Kier alpha value is 0.0600. The van der Waals surface area contributed by atoms with Gasteiger partial charge >= 0.3 is 0 Å². The van der Waals surface area contributed by atoms with Crippen molar-refractivity contribution < 1.29 is 4.79 Å². The van der Waals surface area contributed by atoms with Crippen LogP contribution in [0, 0.1) is 3.57 Å². The van der Waals surface area contributed by atoms with E-state index in [2.05, 4.69) is 22.6 Å². The highest BCUT2D eigenvalue weighted by atomic mass is 127. The van der Waals surface area contributed by atoms with E-state index in [1.54, 1.807) is 6.07 Å². The molecule has 1 aliphatic heterocycles. The highest BCUT2D eigenvalue weighted by Gasteiger charge is 2.17. The van der Waals surface area contributed by atoms with Crippen molar-refractivity contribution in [3.8, 4) is 0 Å². The van der Waals surface area contributed by atoms with Crippen molar-refractivity contribution in [3.63, 3.8) is 0 Å². The van der Waals surface area contributed by atoms with Crippen LogP contribution in [0.15, 0.2) is 18.2 Å². The van der Waals surface area contributed by atoms with E-state index in [1.807, 2.05) is 28.8 Å². The molecule has 0 unspecified atom stereocenters. The Bertz CT molecular complexity index is 419. The number of thioether (sulfide) groups is 1. The van der Waals surface area contributed by atoms with E-state index in [9.17, 15) is 4.79 Å². The van der Waals surface area contributed by atoms with Crippen molar-refractivity contribution in [1.29, 1.82) is 0 Å². The first-order valence-electron chi connectivity index (χ1n) is 5.50. The molecule has 1 heterocycles. The molecule has 1 aliphatic rings. The standard InChI is InChI=1S/C12H13ClINOS/c13-10-8-9(2-3-11(10)14)12(16)15-4-1-6-17-7-5-15/h2-3,8H,1,4-7H2. The number of rotatable bonds is 1. The predicted molar refractivity (Wildman–Crippen MR) is 82.0 cm³/mol. The molecule has 0 aromatic heterocycles. The van der Waals surface area contributed by atoms with Gasteiger partial charge in [0.1, 0.15) is 0 Å². The largest absolute Gasteiger partial charge is 0.338 e. The Balaban J connectivity index is 2.14. The molecule has 92 valence electrons. The van der Waals surface area contributed by atoms with Gasteiger partial charge in [-0.15, -0.1) is 0 Å². The lowest BCUT2D eigenvalue weighted by atomic mass is 10.2. The molecule has 1 aromatic carbocycles. The van der Waals surface area contributed by atoms with Crippen molar-refractivity contribution in [2.24, 2.45) is 0 Å². The van der Waals surface area contributed by atoms with Crippen LogP contribution in [0.5, 0.6) is 0 Å². The Morgan fingerprint density at radius 3 is 2.94 bits per heavy atom. The summed E-state index contributed by atoms with van der Waals surface area (Å²) < 4.78 is 0.979. The summed E-state index contributed by atoms with van der Waals surface area (Å²) in [5.74, 6) is 2.28. The molecule has 17 heavy (non-hydrogen) atoms. The van der Waals surface area contributed by atoms with Gasteiger partial charge < -0.3 is 4.90 Å². The Morgan fingerprint density at radius 2 is 2.18 bits per heavy atom. The Kier molecular flexibility index (Phi) is 4.99. The summed E-state index contributed by atoms with van der Waals surface area (Å²) in [7, 11) is 0. The fourth-order valence-electron chi connectivity index (χ4n) is 1.76. The molecular weight excluding hydrogens is 369 g/mol. The average molecular weight is 382 g/mol. The van der Waals surface area contributed by atoms with Crippen molar-refractivity contribution in [2.45, 2.75) is 6.42 Å². The zero-order valence-corrected chi connectivity index (χ0v) is 13.0. The van der Waals surface area contributed by atoms with Crippen LogP contribution in [0.4, 0.5) is 0 Å². The van der Waals surface area contributed by atoms with E-state index in [0.29, 0.717) is 10.6 Å². The van der Waals surface area contributed by atoms with Crippen molar-refractivity contribution in [3.05, 3.63) is 32.4 Å². The fraction of sp³-hybridized carbons (Fsp3) is 0.417. The monoisotopic (exact) mass is 381 g/mol. The van der Waals surface area contributed by atoms with Gasteiger partial charge in [-0.2, -0.15) is 11.8 Å². The Morgan fingerprint density at radius 1 is 1.35 bits per heavy atom. The van der Waals surface area contributed by atoms with Crippen LogP contribution in [0.25, 0.3) is 0 Å². The van der Waals surface area contributed by atoms with Crippen LogP contribution in [0.2, 0.25) is 5.02 Å². The van der Waals surface area contributed by atoms with Gasteiger partial charge in [-0.05, 0) is 53.0 Å². The molecule has 0 radical (unpaired) electrons. The number of halogens is 2. The summed E-state index contributed by atoms with van der Waals surface area (Å²) in [6, 6.07) is 5.51. The molecule has 2 rings (SSSR count). The van der Waals surface area contributed by atoms with Crippen molar-refractivity contribution >= 4 is 51.9 Å². The number of amides is 1. The molecule has 0 bridgehead atoms. The molecule has 1 amide bonds. The number of hydrogen-bond acceptors (Lipinski definition) is 2. The first-order valence-corrected chi connectivity index (χ1v) is 8.11. The molecule has 1 fully saturated rings. The molecule has 0 spiro atoms. The summed E-state index contributed by atoms with van der Waals surface area (Å²) in [6.07, 6.45) is 1.08. The predicted octanol–water partition coefficient (Wildman–Crippen LogP) is 3.52. The SMILES string of the molecule is O=C(c1ccc(I)c(Cl)c1)N1CCCSCC1. The van der Waals surface area contributed by atoms with Gasteiger partial charge in [-0.3, -0.25) is 4.79 Å². The number of nitrogens with zero attached hydrogens (tertiary/aromatic N) is 1. The molecule has 0 N–H and O–H groups in total. The molecule has 0 saturated carbocycles. The highest BCUT2D eigenvalue weighted by molar-refractivity contribution is 14.1. The summed E-state index contributed by atoms with van der Waals surface area (Å²) in [4.78, 5) is 14.2. The van der Waals surface area contributed by atoms with Gasteiger partial charge in [0.05, 0.1) is 5.02 Å². The second kappa shape index (κ2) is 6.29. The van der Waals surface area contributed by atoms with E-state index < -0.39 is 0 Å². The summed E-state index contributed by atoms with van der Waals surface area (Å²) in [6.45, 7) is 1.70. The minimum absolute atomic E-state index is 0.103. The fourth-order valence-corrected chi connectivity index (χ4v) is 3.16. The number of carbonyl (C=O) groups excluding carboxylic acids is 1. The zero-order valence-electron chi connectivity index (χ0n) is 9.29. The van der Waals surface area contributed by atoms with Crippen LogP contribution < -0.4 is 0 Å². The van der Waals surface area contributed by atoms with Crippen molar-refractivity contribution in [2.75, 3.05) is 24.6 Å². The first kappa shape index (κ1) is 13.5. The lowest BCUT2D eigenvalue weighted by Crippen LogP contribution is -2.32. The lowest BCUT2D eigenvalue weighted by Gasteiger charge is -2.20. The maximum atomic E-state index is 12.3. The first-order chi connectivity index (χ1) is 8.18. The van der Waals surface area contributed by atoms with E-state index in [0.717, 1.165) is 34.6 Å². The average Bonchev–Trinajstić information content (AvgIpc) is 2.60.